The number of carbonyl (C=O) groups is 1. The van der Waals surface area contributed by atoms with Crippen LogP contribution in [0, 0.1) is 0 Å². The van der Waals surface area contributed by atoms with Gasteiger partial charge in [-0.2, -0.15) is 0 Å². The molecule has 0 atom stereocenters. The topological polar surface area (TPSA) is 105 Å². The van der Waals surface area contributed by atoms with Crippen LogP contribution < -0.4 is 9.47 Å². The number of imidazole rings is 1. The van der Waals surface area contributed by atoms with E-state index in [1.165, 1.54) is 0 Å². The zero-order valence-corrected chi connectivity index (χ0v) is 19.0. The Labute approximate surface area is 194 Å². The van der Waals surface area contributed by atoms with E-state index in [2.05, 4.69) is 9.97 Å². The molecule has 0 bridgehead atoms. The van der Waals surface area contributed by atoms with Gasteiger partial charge in [0.05, 0.1) is 29.9 Å². The summed E-state index contributed by atoms with van der Waals surface area (Å²) in [5, 5.41) is 10.2. The number of methoxy groups -OCH3 is 2. The first-order valence-corrected chi connectivity index (χ1v) is 11.0. The van der Waals surface area contributed by atoms with Crippen molar-refractivity contribution >= 4 is 28.3 Å². The number of rotatable bonds is 11. The van der Waals surface area contributed by atoms with Crippen LogP contribution in [0.4, 0.5) is 0 Å². The maximum Gasteiger partial charge on any atom is 0.348 e. The third-order valence-corrected chi connectivity index (χ3v) is 5.81. The van der Waals surface area contributed by atoms with E-state index in [0.717, 1.165) is 16.9 Å². The van der Waals surface area contributed by atoms with Crippen molar-refractivity contribution in [2.24, 2.45) is 0 Å². The van der Waals surface area contributed by atoms with Gasteiger partial charge in [-0.25, -0.2) is 14.8 Å². The van der Waals surface area contributed by atoms with Gasteiger partial charge in [-0.05, 0) is 0 Å². The lowest BCUT2D eigenvalue weighted by Crippen LogP contribution is -2.08. The molecular weight excluding hydrogens is 446 g/mol. The molecule has 0 amide bonds. The van der Waals surface area contributed by atoms with E-state index < -0.39 is 5.97 Å². The fourth-order valence-electron chi connectivity index (χ4n) is 3.21. The molecule has 0 saturated heterocycles. The molecule has 0 aliphatic rings. The van der Waals surface area contributed by atoms with Gasteiger partial charge >= 0.3 is 5.97 Å². The number of hydrogen-bond acceptors (Lipinski definition) is 8. The summed E-state index contributed by atoms with van der Waals surface area (Å²) in [6.07, 6.45) is 1.61. The number of carboxylic acid groups (broad SMARTS) is 1. The first kappa shape index (κ1) is 22.7. The van der Waals surface area contributed by atoms with Gasteiger partial charge in [0.25, 0.3) is 0 Å². The summed E-state index contributed by atoms with van der Waals surface area (Å²) in [5.74, 6) is 0.0337. The Hall–Kier alpha value is -3.47. The molecule has 4 aromatic rings. The fourth-order valence-corrected chi connectivity index (χ4v) is 4.12. The second-order valence-electron chi connectivity index (χ2n) is 6.93. The number of aromatic carboxylic acids is 1. The highest BCUT2D eigenvalue weighted by Crippen LogP contribution is 2.36. The van der Waals surface area contributed by atoms with Crippen molar-refractivity contribution in [1.82, 2.24) is 14.5 Å². The maximum absolute atomic E-state index is 11.9. The molecule has 0 radical (unpaired) electrons. The Morgan fingerprint density at radius 2 is 1.67 bits per heavy atom. The highest BCUT2D eigenvalue weighted by Gasteiger charge is 2.21. The van der Waals surface area contributed by atoms with E-state index >= 15 is 0 Å². The first-order valence-electron chi connectivity index (χ1n) is 10.2. The monoisotopic (exact) mass is 469 g/mol. The van der Waals surface area contributed by atoms with Gasteiger partial charge in [-0.1, -0.05) is 41.7 Å². The van der Waals surface area contributed by atoms with Crippen molar-refractivity contribution in [2.75, 3.05) is 40.6 Å². The van der Waals surface area contributed by atoms with E-state index in [-0.39, 0.29) is 4.88 Å². The minimum atomic E-state index is -1.03. The number of ether oxygens (including phenoxy) is 4. The summed E-state index contributed by atoms with van der Waals surface area (Å²) in [4.78, 5) is 21.2. The van der Waals surface area contributed by atoms with Crippen LogP contribution in [0.15, 0.2) is 48.8 Å². The summed E-state index contributed by atoms with van der Waals surface area (Å²) in [6.45, 7) is 1.56. The molecular formula is C23H23N3O6S. The standard InChI is InChI=1S/C23H23N3O6S/c1-29-8-10-31-18-12-16-17(13-19(18)32-11-9-30-2)26(14-24-16)23-25-20(21(33-23)22(27)28)15-6-4-3-5-7-15/h3-7,12-14H,8-11H2,1-2H3,(H,27,28). The van der Waals surface area contributed by atoms with Crippen LogP contribution in [0.5, 0.6) is 11.5 Å². The summed E-state index contributed by atoms with van der Waals surface area (Å²) in [5.41, 5.74) is 2.53. The van der Waals surface area contributed by atoms with Gasteiger partial charge in [0.1, 0.15) is 24.4 Å². The minimum Gasteiger partial charge on any atom is -0.487 e. The average molecular weight is 470 g/mol. The Balaban J connectivity index is 1.77. The van der Waals surface area contributed by atoms with Crippen LogP contribution in [0.3, 0.4) is 0 Å². The molecule has 2 aromatic heterocycles. The third kappa shape index (κ3) is 4.98. The molecule has 0 unspecified atom stereocenters. The predicted octanol–water partition coefficient (Wildman–Crippen LogP) is 3.90. The van der Waals surface area contributed by atoms with E-state index in [0.29, 0.717) is 59.8 Å². The molecule has 9 nitrogen and oxygen atoms in total. The predicted molar refractivity (Wildman–Crippen MR) is 124 cm³/mol. The van der Waals surface area contributed by atoms with E-state index in [4.69, 9.17) is 18.9 Å². The highest BCUT2D eigenvalue weighted by molar-refractivity contribution is 7.16. The van der Waals surface area contributed by atoms with Crippen LogP contribution in [-0.4, -0.2) is 66.3 Å². The molecule has 2 aromatic carbocycles. The average Bonchev–Trinajstić information content (AvgIpc) is 3.44. The van der Waals surface area contributed by atoms with Crippen LogP contribution >= 0.6 is 11.3 Å². The number of carboxylic acids is 1. The first-order chi connectivity index (χ1) is 16.1. The van der Waals surface area contributed by atoms with Crippen molar-refractivity contribution in [3.63, 3.8) is 0 Å². The second kappa shape index (κ2) is 10.4. The zero-order chi connectivity index (χ0) is 23.2. The summed E-state index contributed by atoms with van der Waals surface area (Å²) >= 11 is 1.09. The van der Waals surface area contributed by atoms with Gasteiger partial charge in [0.15, 0.2) is 16.6 Å². The van der Waals surface area contributed by atoms with Gasteiger partial charge in [0.2, 0.25) is 0 Å². The molecule has 0 aliphatic heterocycles. The maximum atomic E-state index is 11.9. The SMILES string of the molecule is COCCOc1cc2ncn(-c3nc(-c4ccccc4)c(C(=O)O)s3)c2cc1OCCOC. The summed E-state index contributed by atoms with van der Waals surface area (Å²) in [6, 6.07) is 12.8. The quantitative estimate of drug-likeness (QED) is 0.330. The van der Waals surface area contributed by atoms with Crippen LogP contribution in [-0.2, 0) is 9.47 Å². The number of aromatic nitrogens is 3. The highest BCUT2D eigenvalue weighted by atomic mass is 32.1. The van der Waals surface area contributed by atoms with Crippen LogP contribution in [0.25, 0.3) is 27.4 Å². The fraction of sp³-hybridized carbons (Fsp3) is 0.261. The number of benzene rings is 2. The normalized spacial score (nSPS) is 11.1. The van der Waals surface area contributed by atoms with E-state index in [1.807, 2.05) is 36.4 Å². The number of nitrogens with zero attached hydrogens (tertiary/aromatic N) is 3. The molecule has 0 saturated carbocycles. The summed E-state index contributed by atoms with van der Waals surface area (Å²) in [7, 11) is 3.21. The molecule has 0 aliphatic carbocycles. The van der Waals surface area contributed by atoms with Gasteiger partial charge in [-0.15, -0.1) is 0 Å². The summed E-state index contributed by atoms with van der Waals surface area (Å²) < 4.78 is 23.6. The molecule has 2 heterocycles. The van der Waals surface area contributed by atoms with E-state index in [9.17, 15) is 9.90 Å². The van der Waals surface area contributed by atoms with Crippen molar-refractivity contribution in [1.29, 1.82) is 0 Å². The number of fused-ring (bicyclic) bond motifs is 1. The number of thiazole rings is 1. The molecule has 33 heavy (non-hydrogen) atoms. The largest absolute Gasteiger partial charge is 0.487 e. The second-order valence-corrected chi connectivity index (χ2v) is 7.91. The van der Waals surface area contributed by atoms with Crippen LogP contribution in [0.1, 0.15) is 9.67 Å². The Morgan fingerprint density at radius 3 is 2.30 bits per heavy atom. The lowest BCUT2D eigenvalue weighted by Gasteiger charge is -2.13. The minimum absolute atomic E-state index is 0.161. The smallest absolute Gasteiger partial charge is 0.348 e. The Bertz CT molecular complexity index is 1240. The third-order valence-electron chi connectivity index (χ3n) is 4.77. The van der Waals surface area contributed by atoms with Gasteiger partial charge in [0, 0.05) is 31.9 Å². The molecule has 1 N–H and O–H groups in total. The molecule has 0 fully saturated rings. The van der Waals surface area contributed by atoms with Crippen molar-refractivity contribution in [2.45, 2.75) is 0 Å². The molecule has 0 spiro atoms. The molecule has 172 valence electrons. The Morgan fingerprint density at radius 1 is 1.00 bits per heavy atom. The van der Waals surface area contributed by atoms with Gasteiger partial charge < -0.3 is 24.1 Å². The van der Waals surface area contributed by atoms with Crippen molar-refractivity contribution in [3.8, 4) is 27.9 Å². The Kier molecular flexibility index (Phi) is 7.18. The molecule has 10 heteroatoms. The van der Waals surface area contributed by atoms with E-state index in [1.54, 1.807) is 31.2 Å². The molecule has 4 rings (SSSR count). The lowest BCUT2D eigenvalue weighted by atomic mass is 10.1. The van der Waals surface area contributed by atoms with Crippen molar-refractivity contribution < 1.29 is 28.8 Å². The van der Waals surface area contributed by atoms with Crippen LogP contribution in [0.2, 0.25) is 0 Å². The zero-order valence-electron chi connectivity index (χ0n) is 18.2. The number of hydrogen-bond donors (Lipinski definition) is 1. The lowest BCUT2D eigenvalue weighted by molar-refractivity contribution is 0.0702. The van der Waals surface area contributed by atoms with Gasteiger partial charge in [-0.3, -0.25) is 4.57 Å². The van der Waals surface area contributed by atoms with Crippen molar-refractivity contribution in [3.05, 3.63) is 53.7 Å².